The number of fused-ring (bicyclic) bond motifs is 3. The predicted octanol–water partition coefficient (Wildman–Crippen LogP) is 12.9. The van der Waals surface area contributed by atoms with Gasteiger partial charge in [0.1, 0.15) is 21.7 Å². The summed E-state index contributed by atoms with van der Waals surface area (Å²) in [5.74, 6) is 2.58. The Hall–Kier alpha value is -3.09. The molecule has 0 bridgehead atoms. The molecule has 4 nitrogen and oxygen atoms in total. The molecule has 0 saturated heterocycles. The van der Waals surface area contributed by atoms with Crippen LogP contribution >= 0.6 is 22.7 Å². The van der Waals surface area contributed by atoms with Gasteiger partial charge in [0.15, 0.2) is 0 Å². The highest BCUT2D eigenvalue weighted by atomic mass is 32.1. The summed E-state index contributed by atoms with van der Waals surface area (Å²) >= 11 is 3.48. The zero-order valence-corrected chi connectivity index (χ0v) is 29.4. The van der Waals surface area contributed by atoms with Crippen molar-refractivity contribution in [1.29, 1.82) is 0 Å². The molecule has 6 aromatic rings. The van der Waals surface area contributed by atoms with Crippen LogP contribution in [0.3, 0.4) is 0 Å². The van der Waals surface area contributed by atoms with Gasteiger partial charge in [0.2, 0.25) is 0 Å². The summed E-state index contributed by atoms with van der Waals surface area (Å²) in [6.45, 7) is 24.9. The van der Waals surface area contributed by atoms with Crippen LogP contribution < -0.4 is 0 Å². The average Bonchev–Trinajstić information content (AvgIpc) is 3.77. The molecule has 0 radical (unpaired) electrons. The van der Waals surface area contributed by atoms with Crippen molar-refractivity contribution in [2.45, 2.75) is 101 Å². The maximum atomic E-state index is 5.63. The number of hydrogen-bond donors (Lipinski definition) is 0. The summed E-state index contributed by atoms with van der Waals surface area (Å²) in [6.07, 6.45) is 1.81. The van der Waals surface area contributed by atoms with Gasteiger partial charge >= 0.3 is 0 Å². The zero-order chi connectivity index (χ0) is 31.7. The lowest BCUT2D eigenvalue weighted by molar-refractivity contribution is 0.522. The van der Waals surface area contributed by atoms with Crippen LogP contribution in [0.2, 0.25) is 0 Å². The Bertz CT molecular complexity index is 1260. The number of thiazole rings is 2. The molecule has 0 N–H and O–H groups in total. The summed E-state index contributed by atoms with van der Waals surface area (Å²) < 4.78 is 6.92. The van der Waals surface area contributed by atoms with Crippen LogP contribution in [0.25, 0.3) is 31.5 Å². The fourth-order valence-corrected chi connectivity index (χ4v) is 5.34. The van der Waals surface area contributed by atoms with Crippen molar-refractivity contribution in [3.05, 3.63) is 88.7 Å². The van der Waals surface area contributed by atoms with Gasteiger partial charge < -0.3 is 4.42 Å². The first-order chi connectivity index (χ1) is 20.3. The molecular weight excluding hydrogens is 555 g/mol. The molecule has 0 aliphatic rings. The minimum Gasteiger partial charge on any atom is -0.461 e. The molecule has 42 heavy (non-hydrogen) atoms. The molecule has 0 aliphatic carbocycles. The second kappa shape index (κ2) is 19.9. The first-order valence-electron chi connectivity index (χ1n) is 15.4. The molecule has 0 saturated carbocycles. The fraction of sp³-hybridized carbons (Fsp3) is 0.417. The smallest absolute Gasteiger partial charge is 0.143 e. The normalized spacial score (nSPS) is 10.1. The number of pyridine rings is 1. The molecular formula is C36H51N3OS2. The predicted molar refractivity (Wildman–Crippen MR) is 190 cm³/mol. The van der Waals surface area contributed by atoms with Gasteiger partial charge in [-0.15, -0.1) is 11.3 Å². The van der Waals surface area contributed by atoms with E-state index in [0.717, 1.165) is 27.2 Å². The lowest BCUT2D eigenvalue weighted by atomic mass is 10.1. The molecule has 0 atom stereocenters. The van der Waals surface area contributed by atoms with Crippen LogP contribution in [0.1, 0.15) is 117 Å². The summed E-state index contributed by atoms with van der Waals surface area (Å²) in [6, 6.07) is 22.4. The first kappa shape index (κ1) is 36.9. The number of nitrogens with zero attached hydrogens (tertiary/aromatic N) is 3. The van der Waals surface area contributed by atoms with E-state index in [0.29, 0.717) is 17.8 Å². The Balaban J connectivity index is 0.000000289. The Morgan fingerprint density at radius 2 is 1.14 bits per heavy atom. The molecule has 4 aromatic heterocycles. The molecule has 0 unspecified atom stereocenters. The third-order valence-electron chi connectivity index (χ3n) is 5.49. The molecule has 0 spiro atoms. The third kappa shape index (κ3) is 11.0. The summed E-state index contributed by atoms with van der Waals surface area (Å²) in [5, 5.41) is 3.60. The zero-order valence-electron chi connectivity index (χ0n) is 27.7. The maximum Gasteiger partial charge on any atom is 0.143 e. The van der Waals surface area contributed by atoms with Gasteiger partial charge in [-0.3, -0.25) is 0 Å². The van der Waals surface area contributed by atoms with Crippen LogP contribution in [0.15, 0.2) is 77.3 Å². The number of hydrogen-bond acceptors (Lipinski definition) is 6. The second-order valence-corrected chi connectivity index (χ2v) is 11.6. The van der Waals surface area contributed by atoms with E-state index in [-0.39, 0.29) is 0 Å². The fourth-order valence-electron chi connectivity index (χ4n) is 3.46. The SMILES string of the molecule is CC.CC.CC.CC(C)c1cc2ccccc2o1.CC(C)c1nc2ccccc2s1.CC(C)c1nc2cccnc2s1. The van der Waals surface area contributed by atoms with Crippen LogP contribution in [-0.2, 0) is 0 Å². The molecule has 4 heterocycles. The quantitative estimate of drug-likeness (QED) is 0.201. The van der Waals surface area contributed by atoms with Crippen LogP contribution in [0.5, 0.6) is 0 Å². The average molecular weight is 606 g/mol. The number of aromatic nitrogens is 3. The molecule has 0 amide bonds. The number of rotatable bonds is 3. The number of furan rings is 1. The summed E-state index contributed by atoms with van der Waals surface area (Å²) in [5.41, 5.74) is 3.14. The molecule has 0 aliphatic heterocycles. The largest absolute Gasteiger partial charge is 0.461 e. The van der Waals surface area contributed by atoms with E-state index in [1.165, 1.54) is 20.1 Å². The van der Waals surface area contributed by atoms with E-state index < -0.39 is 0 Å². The van der Waals surface area contributed by atoms with E-state index >= 15 is 0 Å². The molecule has 6 rings (SSSR count). The van der Waals surface area contributed by atoms with Crippen LogP contribution in [-0.4, -0.2) is 15.0 Å². The monoisotopic (exact) mass is 605 g/mol. The molecule has 6 heteroatoms. The standard InChI is InChI=1S/C11H12O.C10H11NS.C9H10N2S.3C2H6/c1-8(2)11-7-9-5-3-4-6-10(9)12-11;1-7(2)10-11-8-5-3-4-6-9(8)12-10;1-6(2)8-11-7-4-3-5-10-9(7)12-8;3*1-2/h3-8H,1-2H3;3-7H,1-2H3;3-6H,1-2H3;3*1-2H3. The van der Waals surface area contributed by atoms with Gasteiger partial charge in [-0.2, -0.15) is 0 Å². The Labute approximate surface area is 262 Å². The lowest BCUT2D eigenvalue weighted by Gasteiger charge is -1.95. The topological polar surface area (TPSA) is 51.8 Å². The molecule has 2 aromatic carbocycles. The Morgan fingerprint density at radius 3 is 1.71 bits per heavy atom. The van der Waals surface area contributed by atoms with Crippen molar-refractivity contribution in [1.82, 2.24) is 15.0 Å². The lowest BCUT2D eigenvalue weighted by Crippen LogP contribution is -1.82. The first-order valence-corrected chi connectivity index (χ1v) is 17.0. The van der Waals surface area contributed by atoms with Gasteiger partial charge in [0.05, 0.1) is 20.2 Å². The van der Waals surface area contributed by atoms with E-state index in [9.17, 15) is 0 Å². The van der Waals surface area contributed by atoms with Crippen molar-refractivity contribution < 1.29 is 4.42 Å². The van der Waals surface area contributed by atoms with Crippen molar-refractivity contribution in [3.63, 3.8) is 0 Å². The summed E-state index contributed by atoms with van der Waals surface area (Å²) in [4.78, 5) is 14.3. The second-order valence-electron chi connectivity index (χ2n) is 9.55. The van der Waals surface area contributed by atoms with Crippen molar-refractivity contribution in [3.8, 4) is 0 Å². The van der Waals surface area contributed by atoms with Gasteiger partial charge in [-0.05, 0) is 36.4 Å². The van der Waals surface area contributed by atoms with E-state index in [1.54, 1.807) is 22.7 Å². The Morgan fingerprint density at radius 1 is 0.595 bits per heavy atom. The van der Waals surface area contributed by atoms with Gasteiger partial charge in [-0.25, -0.2) is 15.0 Å². The highest BCUT2D eigenvalue weighted by molar-refractivity contribution is 7.18. The summed E-state index contributed by atoms with van der Waals surface area (Å²) in [7, 11) is 0. The molecule has 228 valence electrons. The van der Waals surface area contributed by atoms with Crippen LogP contribution in [0, 0.1) is 0 Å². The highest BCUT2D eigenvalue weighted by Gasteiger charge is 2.07. The maximum absolute atomic E-state index is 5.63. The molecule has 0 fully saturated rings. The van der Waals surface area contributed by atoms with Gasteiger partial charge in [-0.1, -0.05) is 125 Å². The minimum atomic E-state index is 0.470. The third-order valence-corrected chi connectivity index (χ3v) is 8.11. The van der Waals surface area contributed by atoms with E-state index in [4.69, 9.17) is 4.42 Å². The Kier molecular flexibility index (Phi) is 17.5. The van der Waals surface area contributed by atoms with Crippen molar-refractivity contribution in [2.24, 2.45) is 0 Å². The highest BCUT2D eigenvalue weighted by Crippen LogP contribution is 2.27. The minimum absolute atomic E-state index is 0.470. The number of para-hydroxylation sites is 2. The van der Waals surface area contributed by atoms with E-state index in [1.807, 2.05) is 84.1 Å². The van der Waals surface area contributed by atoms with Gasteiger partial charge in [0.25, 0.3) is 0 Å². The van der Waals surface area contributed by atoms with Crippen LogP contribution in [0.4, 0.5) is 0 Å². The van der Waals surface area contributed by atoms with Crippen molar-refractivity contribution in [2.75, 3.05) is 0 Å². The number of benzene rings is 2. The van der Waals surface area contributed by atoms with E-state index in [2.05, 4.69) is 86.8 Å². The van der Waals surface area contributed by atoms with Gasteiger partial charge in [0, 0.05) is 29.3 Å². The van der Waals surface area contributed by atoms with Crippen molar-refractivity contribution >= 4 is 54.2 Å².